The minimum absolute atomic E-state index is 0.147. The van der Waals surface area contributed by atoms with Gasteiger partial charge in [0.2, 0.25) is 5.91 Å². The molecule has 150 valence electrons. The molecule has 0 spiro atoms. The summed E-state index contributed by atoms with van der Waals surface area (Å²) in [5.41, 5.74) is 0.957. The minimum Gasteiger partial charge on any atom is -0.497 e. The van der Waals surface area contributed by atoms with Gasteiger partial charge in [-0.1, -0.05) is 18.2 Å². The Balaban J connectivity index is 1.71. The molecular weight excluding hydrogens is 375 g/mol. The summed E-state index contributed by atoms with van der Waals surface area (Å²) in [5, 5.41) is 5.38. The van der Waals surface area contributed by atoms with E-state index in [4.69, 9.17) is 4.74 Å². The molecule has 1 unspecified atom stereocenters. The van der Waals surface area contributed by atoms with Crippen LogP contribution in [0, 0.1) is 5.82 Å². The molecule has 2 aromatic carbocycles. The number of hydrogen-bond acceptors (Lipinski definition) is 4. The van der Waals surface area contributed by atoms with Crippen molar-refractivity contribution in [1.82, 2.24) is 20.2 Å². The first kappa shape index (κ1) is 20.1. The van der Waals surface area contributed by atoms with Crippen LogP contribution in [0.5, 0.6) is 5.75 Å². The Labute approximate surface area is 167 Å². The highest BCUT2D eigenvalue weighted by Gasteiger charge is 2.21. The summed E-state index contributed by atoms with van der Waals surface area (Å²) in [5.74, 6) is -0.117. The fourth-order valence-electron chi connectivity index (χ4n) is 2.85. The van der Waals surface area contributed by atoms with Crippen LogP contribution in [0.4, 0.5) is 4.39 Å². The number of imidazole rings is 1. The number of carbonyl (C=O) groups is 2. The molecule has 2 N–H and O–H groups in total. The maximum Gasteiger partial charge on any atom is 0.251 e. The molecule has 3 aromatic rings. The smallest absolute Gasteiger partial charge is 0.251 e. The zero-order valence-electron chi connectivity index (χ0n) is 16.1. The first-order valence-electron chi connectivity index (χ1n) is 8.92. The molecule has 0 aliphatic rings. The van der Waals surface area contributed by atoms with Crippen molar-refractivity contribution in [1.29, 1.82) is 0 Å². The first-order valence-corrected chi connectivity index (χ1v) is 8.92. The van der Waals surface area contributed by atoms with Crippen molar-refractivity contribution in [2.45, 2.75) is 6.04 Å². The maximum absolute atomic E-state index is 13.3. The molecule has 1 aromatic heterocycles. The van der Waals surface area contributed by atoms with E-state index < -0.39 is 23.7 Å². The topological polar surface area (TPSA) is 85.2 Å². The van der Waals surface area contributed by atoms with Gasteiger partial charge in [-0.25, -0.2) is 9.37 Å². The van der Waals surface area contributed by atoms with Gasteiger partial charge in [-0.2, -0.15) is 0 Å². The molecule has 1 heterocycles. The Kier molecular flexibility index (Phi) is 6.23. The number of methoxy groups -OCH3 is 1. The number of carbonyl (C=O) groups excluding carboxylic acids is 2. The van der Waals surface area contributed by atoms with E-state index in [0.29, 0.717) is 11.6 Å². The molecule has 0 aliphatic heterocycles. The third kappa shape index (κ3) is 4.98. The van der Waals surface area contributed by atoms with Gasteiger partial charge in [0.15, 0.2) is 0 Å². The highest BCUT2D eigenvalue weighted by molar-refractivity contribution is 5.96. The van der Waals surface area contributed by atoms with Crippen LogP contribution in [-0.2, 0) is 11.8 Å². The molecule has 0 saturated carbocycles. The van der Waals surface area contributed by atoms with E-state index in [2.05, 4.69) is 15.6 Å². The van der Waals surface area contributed by atoms with Crippen LogP contribution >= 0.6 is 0 Å². The number of benzene rings is 2. The van der Waals surface area contributed by atoms with E-state index in [9.17, 15) is 14.0 Å². The van der Waals surface area contributed by atoms with Crippen LogP contribution in [0.25, 0.3) is 0 Å². The molecule has 3 rings (SSSR count). The average molecular weight is 396 g/mol. The van der Waals surface area contributed by atoms with Gasteiger partial charge in [0, 0.05) is 25.0 Å². The molecule has 0 radical (unpaired) electrons. The molecule has 29 heavy (non-hydrogen) atoms. The summed E-state index contributed by atoms with van der Waals surface area (Å²) in [6, 6.07) is 12.0. The number of aromatic nitrogens is 2. The molecule has 0 fully saturated rings. The van der Waals surface area contributed by atoms with Crippen LogP contribution < -0.4 is 15.4 Å². The predicted octanol–water partition coefficient (Wildman–Crippen LogP) is 2.20. The molecule has 2 amide bonds. The summed E-state index contributed by atoms with van der Waals surface area (Å²) in [7, 11) is 3.41. The monoisotopic (exact) mass is 396 g/mol. The molecule has 0 bridgehead atoms. The lowest BCUT2D eigenvalue weighted by molar-refractivity contribution is -0.120. The highest BCUT2D eigenvalue weighted by atomic mass is 19.1. The van der Waals surface area contributed by atoms with Crippen molar-refractivity contribution in [3.05, 3.63) is 83.7 Å². The highest BCUT2D eigenvalue weighted by Crippen LogP contribution is 2.22. The first-order chi connectivity index (χ1) is 14.0. The number of amides is 2. The van der Waals surface area contributed by atoms with E-state index in [-0.39, 0.29) is 12.1 Å². The SMILES string of the molecule is COc1ccc(C(NC(=O)CNC(=O)c2cccc(F)c2)c2nccn2C)cc1. The summed E-state index contributed by atoms with van der Waals surface area (Å²) in [6.07, 6.45) is 3.42. The number of rotatable bonds is 7. The largest absolute Gasteiger partial charge is 0.497 e. The second kappa shape index (κ2) is 9.01. The van der Waals surface area contributed by atoms with Crippen molar-refractivity contribution >= 4 is 11.8 Å². The number of nitrogens with one attached hydrogen (secondary N) is 2. The van der Waals surface area contributed by atoms with Crippen molar-refractivity contribution < 1.29 is 18.7 Å². The van der Waals surface area contributed by atoms with Crippen LogP contribution in [-0.4, -0.2) is 35.0 Å². The molecule has 7 nitrogen and oxygen atoms in total. The van der Waals surface area contributed by atoms with Crippen LogP contribution in [0.2, 0.25) is 0 Å². The second-order valence-electron chi connectivity index (χ2n) is 6.36. The fraction of sp³-hybridized carbons (Fsp3) is 0.190. The van der Waals surface area contributed by atoms with Crippen LogP contribution in [0.3, 0.4) is 0 Å². The summed E-state index contributed by atoms with van der Waals surface area (Å²) >= 11 is 0. The lowest BCUT2D eigenvalue weighted by Gasteiger charge is -2.19. The van der Waals surface area contributed by atoms with Gasteiger partial charge in [-0.3, -0.25) is 9.59 Å². The maximum atomic E-state index is 13.3. The Morgan fingerprint density at radius 1 is 1.21 bits per heavy atom. The number of hydrogen-bond donors (Lipinski definition) is 2. The summed E-state index contributed by atoms with van der Waals surface area (Å²) < 4.78 is 20.2. The number of halogens is 1. The lowest BCUT2D eigenvalue weighted by Crippen LogP contribution is -2.39. The van der Waals surface area contributed by atoms with Gasteiger partial charge in [0.25, 0.3) is 5.91 Å². The third-order valence-corrected chi connectivity index (χ3v) is 4.37. The van der Waals surface area contributed by atoms with E-state index in [1.807, 2.05) is 19.2 Å². The van der Waals surface area contributed by atoms with Gasteiger partial charge in [-0.05, 0) is 35.9 Å². The quantitative estimate of drug-likeness (QED) is 0.641. The van der Waals surface area contributed by atoms with Gasteiger partial charge < -0.3 is 19.9 Å². The van der Waals surface area contributed by atoms with Crippen LogP contribution in [0.1, 0.15) is 27.8 Å². The molecule has 1 atom stereocenters. The predicted molar refractivity (Wildman–Crippen MR) is 105 cm³/mol. The van der Waals surface area contributed by atoms with Crippen molar-refractivity contribution in [3.63, 3.8) is 0 Å². The number of aryl methyl sites for hydroxylation is 1. The Morgan fingerprint density at radius 2 is 1.97 bits per heavy atom. The number of nitrogens with zero attached hydrogens (tertiary/aromatic N) is 2. The molecule has 8 heteroatoms. The van der Waals surface area contributed by atoms with E-state index in [0.717, 1.165) is 11.6 Å². The molecule has 0 aliphatic carbocycles. The Bertz CT molecular complexity index is 1000. The second-order valence-corrected chi connectivity index (χ2v) is 6.36. The summed E-state index contributed by atoms with van der Waals surface area (Å²) in [6.45, 7) is -0.258. The van der Waals surface area contributed by atoms with Crippen molar-refractivity contribution in [2.75, 3.05) is 13.7 Å². The zero-order chi connectivity index (χ0) is 20.8. The van der Waals surface area contributed by atoms with E-state index >= 15 is 0 Å². The Hall–Kier alpha value is -3.68. The zero-order valence-corrected chi connectivity index (χ0v) is 16.1. The Morgan fingerprint density at radius 3 is 2.59 bits per heavy atom. The van der Waals surface area contributed by atoms with Gasteiger partial charge in [0.1, 0.15) is 23.4 Å². The molecule has 0 saturated heterocycles. The van der Waals surface area contributed by atoms with Crippen LogP contribution in [0.15, 0.2) is 60.9 Å². The standard InChI is InChI=1S/C21H21FN4O3/c1-26-11-10-23-20(26)19(14-6-8-17(29-2)9-7-14)25-18(27)13-24-21(28)15-4-3-5-16(22)12-15/h3-12,19H,13H2,1-2H3,(H,24,28)(H,25,27). The van der Waals surface area contributed by atoms with Crippen molar-refractivity contribution in [2.24, 2.45) is 7.05 Å². The fourth-order valence-corrected chi connectivity index (χ4v) is 2.85. The normalized spacial score (nSPS) is 11.6. The van der Waals surface area contributed by atoms with Gasteiger partial charge in [-0.15, -0.1) is 0 Å². The number of ether oxygens (including phenoxy) is 1. The van der Waals surface area contributed by atoms with Crippen molar-refractivity contribution in [3.8, 4) is 5.75 Å². The van der Waals surface area contributed by atoms with Gasteiger partial charge >= 0.3 is 0 Å². The third-order valence-electron chi connectivity index (χ3n) is 4.37. The lowest BCUT2D eigenvalue weighted by atomic mass is 10.1. The van der Waals surface area contributed by atoms with E-state index in [1.165, 1.54) is 18.2 Å². The van der Waals surface area contributed by atoms with E-state index in [1.54, 1.807) is 36.2 Å². The molecular formula is C21H21FN4O3. The van der Waals surface area contributed by atoms with Gasteiger partial charge in [0.05, 0.1) is 13.7 Å². The average Bonchev–Trinajstić information content (AvgIpc) is 3.16. The minimum atomic E-state index is -0.530. The summed E-state index contributed by atoms with van der Waals surface area (Å²) in [4.78, 5) is 28.9.